The van der Waals surface area contributed by atoms with Crippen molar-refractivity contribution in [3.63, 3.8) is 0 Å². The highest BCUT2D eigenvalue weighted by atomic mass is 16.2. The van der Waals surface area contributed by atoms with Crippen LogP contribution < -0.4 is 5.32 Å². The van der Waals surface area contributed by atoms with E-state index in [0.717, 1.165) is 23.6 Å². The molecule has 1 aliphatic heterocycles. The molecule has 2 aromatic carbocycles. The number of anilines is 1. The third-order valence-electron chi connectivity index (χ3n) is 6.84. The molecule has 6 rings (SSSR count). The molecule has 2 bridgehead atoms. The molecular weight excluding hydrogens is 364 g/mol. The van der Waals surface area contributed by atoms with Gasteiger partial charge in [0, 0.05) is 11.1 Å². The molecule has 4 aliphatic rings. The Morgan fingerprint density at radius 3 is 2.24 bits per heavy atom. The Hall–Kier alpha value is -2.95. The normalized spacial score (nSPS) is 28.7. The second kappa shape index (κ2) is 6.83. The highest BCUT2D eigenvalue weighted by molar-refractivity contribution is 6.11. The maximum atomic E-state index is 13.2. The van der Waals surface area contributed by atoms with Crippen LogP contribution in [0.2, 0.25) is 0 Å². The number of nitrogens with zero attached hydrogens (tertiary/aromatic N) is 1. The first-order valence-corrected chi connectivity index (χ1v) is 10.4. The number of hydrogen-bond acceptors (Lipinski definition) is 3. The number of allylic oxidation sites excluding steroid dienone is 2. The Morgan fingerprint density at radius 2 is 1.62 bits per heavy atom. The summed E-state index contributed by atoms with van der Waals surface area (Å²) in [6, 6.07) is 12.8. The summed E-state index contributed by atoms with van der Waals surface area (Å²) >= 11 is 0. The fraction of sp³-hybridized carbons (Fsp3) is 0.375. The number of rotatable bonds is 4. The van der Waals surface area contributed by atoms with Gasteiger partial charge in [-0.15, -0.1) is 0 Å². The standard InChI is InChI=1S/C24H24N2O3/c1-2-19(22(27)25-18-9-5-7-14-6-3-4-8-17(14)18)26-23(28)20-15-10-11-16(13-12-15)21(20)24(26)29/h3-11,15-16,19-21H,2,12-13H2,1H3,(H,25,27). The molecule has 148 valence electrons. The van der Waals surface area contributed by atoms with E-state index in [1.165, 1.54) is 4.90 Å². The van der Waals surface area contributed by atoms with Crippen molar-refractivity contribution >= 4 is 34.2 Å². The second-order valence-electron chi connectivity index (χ2n) is 8.33. The summed E-state index contributed by atoms with van der Waals surface area (Å²) in [5, 5.41) is 4.94. The fourth-order valence-corrected chi connectivity index (χ4v) is 5.44. The number of fused-ring (bicyclic) bond motifs is 2. The monoisotopic (exact) mass is 388 g/mol. The van der Waals surface area contributed by atoms with Gasteiger partial charge in [-0.1, -0.05) is 55.5 Å². The molecular formula is C24H24N2O3. The van der Waals surface area contributed by atoms with E-state index >= 15 is 0 Å². The highest BCUT2D eigenvalue weighted by Crippen LogP contribution is 2.50. The summed E-state index contributed by atoms with van der Waals surface area (Å²) < 4.78 is 0. The zero-order chi connectivity index (χ0) is 20.1. The Labute approximate surface area is 169 Å². The summed E-state index contributed by atoms with van der Waals surface area (Å²) in [6.45, 7) is 1.85. The molecule has 2 aromatic rings. The molecule has 0 aromatic heterocycles. The number of hydrogen-bond donors (Lipinski definition) is 1. The van der Waals surface area contributed by atoms with Gasteiger partial charge in [0.05, 0.1) is 11.8 Å². The Bertz CT molecular complexity index is 1010. The molecule has 1 saturated carbocycles. The number of nitrogens with one attached hydrogen (secondary N) is 1. The topological polar surface area (TPSA) is 66.5 Å². The van der Waals surface area contributed by atoms with E-state index in [1.54, 1.807) is 0 Å². The van der Waals surface area contributed by atoms with Crippen LogP contribution in [0.4, 0.5) is 5.69 Å². The van der Waals surface area contributed by atoms with Crippen molar-refractivity contribution in [1.82, 2.24) is 4.90 Å². The van der Waals surface area contributed by atoms with Crippen LogP contribution in [0.15, 0.2) is 54.6 Å². The van der Waals surface area contributed by atoms with E-state index in [4.69, 9.17) is 0 Å². The quantitative estimate of drug-likeness (QED) is 0.641. The van der Waals surface area contributed by atoms with E-state index in [0.29, 0.717) is 12.1 Å². The van der Waals surface area contributed by atoms with E-state index in [9.17, 15) is 14.4 Å². The lowest BCUT2D eigenvalue weighted by Gasteiger charge is -2.38. The van der Waals surface area contributed by atoms with Gasteiger partial charge in [-0.2, -0.15) is 0 Å². The van der Waals surface area contributed by atoms with Crippen LogP contribution >= 0.6 is 0 Å². The van der Waals surface area contributed by atoms with Crippen molar-refractivity contribution < 1.29 is 14.4 Å². The summed E-state index contributed by atoms with van der Waals surface area (Å²) in [4.78, 5) is 40.9. The summed E-state index contributed by atoms with van der Waals surface area (Å²) in [5.41, 5.74) is 0.699. The molecule has 5 nitrogen and oxygen atoms in total. The van der Waals surface area contributed by atoms with E-state index in [1.807, 2.05) is 49.4 Å². The molecule has 5 unspecified atom stereocenters. The molecule has 0 spiro atoms. The molecule has 3 amide bonds. The summed E-state index contributed by atoms with van der Waals surface area (Å²) in [6.07, 6.45) is 6.50. The second-order valence-corrected chi connectivity index (χ2v) is 8.33. The molecule has 29 heavy (non-hydrogen) atoms. The maximum Gasteiger partial charge on any atom is 0.247 e. The number of imide groups is 1. The van der Waals surface area contributed by atoms with Crippen LogP contribution in [-0.2, 0) is 14.4 Å². The van der Waals surface area contributed by atoms with Gasteiger partial charge in [0.2, 0.25) is 17.7 Å². The first kappa shape index (κ1) is 18.1. The minimum Gasteiger partial charge on any atom is -0.324 e. The lowest BCUT2D eigenvalue weighted by Crippen LogP contribution is -2.47. The lowest BCUT2D eigenvalue weighted by atomic mass is 9.63. The fourth-order valence-electron chi connectivity index (χ4n) is 5.44. The van der Waals surface area contributed by atoms with Crippen molar-refractivity contribution in [1.29, 1.82) is 0 Å². The number of carbonyl (C=O) groups is 3. The molecule has 1 N–H and O–H groups in total. The zero-order valence-corrected chi connectivity index (χ0v) is 16.4. The van der Waals surface area contributed by atoms with Gasteiger partial charge in [0.25, 0.3) is 0 Å². The van der Waals surface area contributed by atoms with Crippen molar-refractivity contribution in [3.05, 3.63) is 54.6 Å². The Kier molecular flexibility index (Phi) is 4.26. The summed E-state index contributed by atoms with van der Waals surface area (Å²) in [7, 11) is 0. The smallest absolute Gasteiger partial charge is 0.247 e. The maximum absolute atomic E-state index is 13.2. The number of carbonyl (C=O) groups excluding carboxylic acids is 3. The van der Waals surface area contributed by atoms with Gasteiger partial charge >= 0.3 is 0 Å². The van der Waals surface area contributed by atoms with E-state index < -0.39 is 6.04 Å². The van der Waals surface area contributed by atoms with Crippen molar-refractivity contribution in [3.8, 4) is 0 Å². The van der Waals surface area contributed by atoms with Gasteiger partial charge in [0.15, 0.2) is 0 Å². The van der Waals surface area contributed by atoms with Gasteiger partial charge in [0.1, 0.15) is 6.04 Å². The van der Waals surface area contributed by atoms with Crippen molar-refractivity contribution in [2.45, 2.75) is 32.2 Å². The zero-order valence-electron chi connectivity index (χ0n) is 16.4. The highest BCUT2D eigenvalue weighted by Gasteiger charge is 2.58. The van der Waals surface area contributed by atoms with E-state index in [-0.39, 0.29) is 41.4 Å². The number of amides is 3. The van der Waals surface area contributed by atoms with Gasteiger partial charge in [-0.3, -0.25) is 19.3 Å². The Morgan fingerprint density at radius 1 is 1.00 bits per heavy atom. The van der Waals surface area contributed by atoms with Crippen LogP contribution in [0.25, 0.3) is 10.8 Å². The average Bonchev–Trinajstić information content (AvgIpc) is 3.03. The molecule has 1 heterocycles. The predicted octanol–water partition coefficient (Wildman–Crippen LogP) is 3.75. The SMILES string of the molecule is CCC(C(=O)Nc1cccc2ccccc12)N1C(=O)C2C3C=CC(CC3)C2C1=O. The van der Waals surface area contributed by atoms with Crippen LogP contribution in [0.1, 0.15) is 26.2 Å². The number of benzene rings is 2. The van der Waals surface area contributed by atoms with Gasteiger partial charge in [-0.25, -0.2) is 0 Å². The van der Waals surface area contributed by atoms with Crippen LogP contribution in [0, 0.1) is 23.7 Å². The lowest BCUT2D eigenvalue weighted by molar-refractivity contribution is -0.146. The molecule has 2 fully saturated rings. The molecule has 0 radical (unpaired) electrons. The first-order valence-electron chi connectivity index (χ1n) is 10.4. The molecule has 5 heteroatoms. The minimum atomic E-state index is -0.779. The van der Waals surface area contributed by atoms with E-state index in [2.05, 4.69) is 17.5 Å². The van der Waals surface area contributed by atoms with Crippen molar-refractivity contribution in [2.24, 2.45) is 23.7 Å². The van der Waals surface area contributed by atoms with Crippen molar-refractivity contribution in [2.75, 3.05) is 5.32 Å². The average molecular weight is 388 g/mol. The van der Waals surface area contributed by atoms with Gasteiger partial charge in [-0.05, 0) is 42.6 Å². The van der Waals surface area contributed by atoms with Crippen LogP contribution in [0.3, 0.4) is 0 Å². The largest absolute Gasteiger partial charge is 0.324 e. The molecule has 5 atom stereocenters. The number of likely N-dealkylation sites (tertiary alicyclic amines) is 1. The molecule has 3 aliphatic carbocycles. The van der Waals surface area contributed by atoms with Crippen LogP contribution in [0.5, 0.6) is 0 Å². The Balaban J connectivity index is 1.43. The first-order chi connectivity index (χ1) is 14.1. The minimum absolute atomic E-state index is 0.130. The third-order valence-corrected chi connectivity index (χ3v) is 6.84. The third kappa shape index (κ3) is 2.71. The van der Waals surface area contributed by atoms with Crippen LogP contribution in [-0.4, -0.2) is 28.7 Å². The predicted molar refractivity (Wildman–Crippen MR) is 111 cm³/mol. The summed E-state index contributed by atoms with van der Waals surface area (Å²) in [5.74, 6) is -0.950. The van der Waals surface area contributed by atoms with Gasteiger partial charge < -0.3 is 5.32 Å². The molecule has 1 saturated heterocycles.